The fourth-order valence-corrected chi connectivity index (χ4v) is 2.00. The fourth-order valence-electron chi connectivity index (χ4n) is 2.00. The maximum atomic E-state index is 6.03. The minimum atomic E-state index is 0.631. The SMILES string of the molecule is C=CCc1cc(N)c(N)c(CC=C)c1CC=C. The number of nitrogens with two attached hydrogens (primary N) is 2. The third-order valence-electron chi connectivity index (χ3n) is 2.78. The molecule has 90 valence electrons. The fraction of sp³-hybridized carbons (Fsp3) is 0.200. The van der Waals surface area contributed by atoms with Crippen molar-refractivity contribution in [1.82, 2.24) is 0 Å². The monoisotopic (exact) mass is 228 g/mol. The van der Waals surface area contributed by atoms with Crippen molar-refractivity contribution in [2.45, 2.75) is 19.3 Å². The first-order valence-electron chi connectivity index (χ1n) is 5.66. The van der Waals surface area contributed by atoms with Crippen LogP contribution in [0.3, 0.4) is 0 Å². The summed E-state index contributed by atoms with van der Waals surface area (Å²) in [4.78, 5) is 0. The molecular formula is C15H20N2. The lowest BCUT2D eigenvalue weighted by Gasteiger charge is -2.16. The molecule has 0 aromatic heterocycles. The van der Waals surface area contributed by atoms with Crippen LogP contribution < -0.4 is 11.5 Å². The molecule has 0 unspecified atom stereocenters. The lowest BCUT2D eigenvalue weighted by molar-refractivity contribution is 1.09. The molecule has 2 nitrogen and oxygen atoms in total. The van der Waals surface area contributed by atoms with Gasteiger partial charge in [-0.1, -0.05) is 18.2 Å². The summed E-state index contributed by atoms with van der Waals surface area (Å²) in [6.45, 7) is 11.3. The second kappa shape index (κ2) is 5.94. The second-order valence-electron chi connectivity index (χ2n) is 3.97. The Hall–Kier alpha value is -1.96. The molecule has 1 rings (SSSR count). The normalized spacial score (nSPS) is 9.88. The number of anilines is 2. The lowest BCUT2D eigenvalue weighted by atomic mass is 9.92. The van der Waals surface area contributed by atoms with Gasteiger partial charge in [-0.05, 0) is 42.0 Å². The lowest BCUT2D eigenvalue weighted by Crippen LogP contribution is -2.07. The van der Waals surface area contributed by atoms with Gasteiger partial charge in [0, 0.05) is 0 Å². The van der Waals surface area contributed by atoms with Crippen LogP contribution in [0.15, 0.2) is 44.0 Å². The van der Waals surface area contributed by atoms with Crippen LogP contribution in [0.2, 0.25) is 0 Å². The predicted octanol–water partition coefficient (Wildman–Crippen LogP) is 3.04. The largest absolute Gasteiger partial charge is 0.397 e. The highest BCUT2D eigenvalue weighted by atomic mass is 14.7. The van der Waals surface area contributed by atoms with Gasteiger partial charge in [0.15, 0.2) is 0 Å². The molecule has 0 fully saturated rings. The van der Waals surface area contributed by atoms with E-state index in [9.17, 15) is 0 Å². The van der Waals surface area contributed by atoms with Crippen molar-refractivity contribution in [3.8, 4) is 0 Å². The van der Waals surface area contributed by atoms with E-state index >= 15 is 0 Å². The molecule has 0 aliphatic heterocycles. The first-order chi connectivity index (χ1) is 8.15. The molecule has 1 aromatic rings. The predicted molar refractivity (Wildman–Crippen MR) is 77.0 cm³/mol. The molecule has 0 saturated heterocycles. The second-order valence-corrected chi connectivity index (χ2v) is 3.97. The summed E-state index contributed by atoms with van der Waals surface area (Å²) in [5.41, 5.74) is 16.7. The van der Waals surface area contributed by atoms with Gasteiger partial charge in [0.1, 0.15) is 0 Å². The molecular weight excluding hydrogens is 208 g/mol. The quantitative estimate of drug-likeness (QED) is 0.581. The summed E-state index contributed by atoms with van der Waals surface area (Å²) in [5.74, 6) is 0. The van der Waals surface area contributed by atoms with Crippen molar-refractivity contribution in [3.63, 3.8) is 0 Å². The summed E-state index contributed by atoms with van der Waals surface area (Å²) in [6, 6.07) is 1.93. The Morgan fingerprint density at radius 1 is 0.882 bits per heavy atom. The Balaban J connectivity index is 3.43. The van der Waals surface area contributed by atoms with Gasteiger partial charge < -0.3 is 11.5 Å². The van der Waals surface area contributed by atoms with Crippen LogP contribution in [0.1, 0.15) is 16.7 Å². The zero-order valence-electron chi connectivity index (χ0n) is 10.2. The molecule has 17 heavy (non-hydrogen) atoms. The Bertz CT molecular complexity index is 445. The highest BCUT2D eigenvalue weighted by molar-refractivity contribution is 5.72. The molecule has 0 amide bonds. The van der Waals surface area contributed by atoms with Crippen molar-refractivity contribution in [3.05, 3.63) is 60.7 Å². The van der Waals surface area contributed by atoms with Crippen LogP contribution >= 0.6 is 0 Å². The summed E-state index contributed by atoms with van der Waals surface area (Å²) < 4.78 is 0. The molecule has 0 atom stereocenters. The highest BCUT2D eigenvalue weighted by Crippen LogP contribution is 2.29. The van der Waals surface area contributed by atoms with Crippen molar-refractivity contribution in [2.24, 2.45) is 0 Å². The van der Waals surface area contributed by atoms with Crippen LogP contribution in [0.25, 0.3) is 0 Å². The third-order valence-corrected chi connectivity index (χ3v) is 2.78. The smallest absolute Gasteiger partial charge is 0.0586 e. The van der Waals surface area contributed by atoms with E-state index in [1.54, 1.807) is 0 Å². The topological polar surface area (TPSA) is 52.0 Å². The number of rotatable bonds is 6. The maximum absolute atomic E-state index is 6.03. The first-order valence-corrected chi connectivity index (χ1v) is 5.66. The van der Waals surface area contributed by atoms with E-state index in [-0.39, 0.29) is 0 Å². The van der Waals surface area contributed by atoms with Gasteiger partial charge in [-0.2, -0.15) is 0 Å². The number of allylic oxidation sites excluding steroid dienone is 3. The van der Waals surface area contributed by atoms with Crippen molar-refractivity contribution >= 4 is 11.4 Å². The van der Waals surface area contributed by atoms with Gasteiger partial charge in [0.05, 0.1) is 11.4 Å². The highest BCUT2D eigenvalue weighted by Gasteiger charge is 2.12. The number of hydrogen-bond acceptors (Lipinski definition) is 2. The minimum Gasteiger partial charge on any atom is -0.397 e. The molecule has 0 bridgehead atoms. The molecule has 1 aromatic carbocycles. The van der Waals surface area contributed by atoms with Gasteiger partial charge in [0.2, 0.25) is 0 Å². The molecule has 0 saturated carbocycles. The number of hydrogen-bond donors (Lipinski definition) is 2. The number of nitrogen functional groups attached to an aromatic ring is 2. The summed E-state index contributed by atoms with van der Waals surface area (Å²) in [7, 11) is 0. The molecule has 0 spiro atoms. The van der Waals surface area contributed by atoms with Crippen LogP contribution in [-0.4, -0.2) is 0 Å². The van der Waals surface area contributed by atoms with Crippen LogP contribution in [0, 0.1) is 0 Å². The maximum Gasteiger partial charge on any atom is 0.0586 e. The molecule has 0 aliphatic rings. The van der Waals surface area contributed by atoms with E-state index < -0.39 is 0 Å². The number of benzene rings is 1. The van der Waals surface area contributed by atoms with Crippen molar-refractivity contribution in [2.75, 3.05) is 11.5 Å². The van der Waals surface area contributed by atoms with E-state index in [0.29, 0.717) is 11.4 Å². The summed E-state index contributed by atoms with van der Waals surface area (Å²) in [6.07, 6.45) is 7.90. The molecule has 2 heteroatoms. The van der Waals surface area contributed by atoms with Gasteiger partial charge in [-0.15, -0.1) is 19.7 Å². The average Bonchev–Trinajstić information content (AvgIpc) is 2.30. The zero-order valence-corrected chi connectivity index (χ0v) is 10.2. The van der Waals surface area contributed by atoms with E-state index in [1.807, 2.05) is 24.3 Å². The summed E-state index contributed by atoms with van der Waals surface area (Å²) in [5, 5.41) is 0. The van der Waals surface area contributed by atoms with Crippen LogP contribution in [-0.2, 0) is 19.3 Å². The third kappa shape index (κ3) is 2.78. The van der Waals surface area contributed by atoms with E-state index in [1.165, 1.54) is 11.1 Å². The molecule has 0 radical (unpaired) electrons. The minimum absolute atomic E-state index is 0.631. The van der Waals surface area contributed by atoms with E-state index in [0.717, 1.165) is 24.8 Å². The van der Waals surface area contributed by atoms with Crippen molar-refractivity contribution in [1.29, 1.82) is 0 Å². The molecule has 0 heterocycles. The average molecular weight is 228 g/mol. The van der Waals surface area contributed by atoms with Crippen LogP contribution in [0.4, 0.5) is 11.4 Å². The van der Waals surface area contributed by atoms with Gasteiger partial charge in [-0.25, -0.2) is 0 Å². The van der Waals surface area contributed by atoms with Gasteiger partial charge in [0.25, 0.3) is 0 Å². The van der Waals surface area contributed by atoms with E-state index in [2.05, 4.69) is 19.7 Å². The standard InChI is InChI=1S/C15H20N2/c1-4-7-11-10-14(16)15(17)13(9-6-3)12(11)8-5-2/h4-6,10H,1-3,7-9,16-17H2. The van der Waals surface area contributed by atoms with Gasteiger partial charge in [-0.3, -0.25) is 0 Å². The Kier molecular flexibility index (Phi) is 4.58. The molecule has 0 aliphatic carbocycles. The Morgan fingerprint density at radius 2 is 1.41 bits per heavy atom. The Morgan fingerprint density at radius 3 is 1.94 bits per heavy atom. The van der Waals surface area contributed by atoms with Crippen molar-refractivity contribution < 1.29 is 0 Å². The van der Waals surface area contributed by atoms with Crippen LogP contribution in [0.5, 0.6) is 0 Å². The Labute approximate surface area is 103 Å². The molecule has 4 N–H and O–H groups in total. The first kappa shape index (κ1) is 13.1. The van der Waals surface area contributed by atoms with Gasteiger partial charge >= 0.3 is 0 Å². The zero-order chi connectivity index (χ0) is 12.8. The van der Waals surface area contributed by atoms with E-state index in [4.69, 9.17) is 11.5 Å². The summed E-state index contributed by atoms with van der Waals surface area (Å²) >= 11 is 0.